The monoisotopic (exact) mass is 426 g/mol. The smallest absolute Gasteiger partial charge is 0.226 e. The van der Waals surface area contributed by atoms with Crippen LogP contribution in [0, 0.1) is 22.2 Å². The van der Waals surface area contributed by atoms with E-state index in [1.165, 1.54) is 24.8 Å². The van der Waals surface area contributed by atoms with Gasteiger partial charge in [0.15, 0.2) is 0 Å². The number of halogens is 1. The van der Waals surface area contributed by atoms with E-state index in [4.69, 9.17) is 17.3 Å². The Hall–Kier alpha value is -1.06. The van der Waals surface area contributed by atoms with Crippen LogP contribution >= 0.6 is 11.6 Å². The summed E-state index contributed by atoms with van der Waals surface area (Å²) in [4.78, 5) is 13.9. The molecule has 4 heteroatoms. The predicted octanol–water partition coefficient (Wildman–Crippen LogP) is 4.91. The second-order valence-corrected chi connectivity index (χ2v) is 12.0. The first-order valence-electron chi connectivity index (χ1n) is 12.1. The molecule has 5 aliphatic carbocycles. The molecule has 3 unspecified atom stereocenters. The number of benzene rings is 1. The highest BCUT2D eigenvalue weighted by Crippen LogP contribution is 2.89. The zero-order valence-corrected chi connectivity index (χ0v) is 18.7. The molecular formula is C26H35ClN2O. The number of fused-ring (bicyclic) bond motifs is 2. The van der Waals surface area contributed by atoms with Crippen LogP contribution in [0.3, 0.4) is 0 Å². The highest BCUT2D eigenvalue weighted by molar-refractivity contribution is 6.17. The Morgan fingerprint density at radius 2 is 1.80 bits per heavy atom. The van der Waals surface area contributed by atoms with E-state index in [-0.39, 0.29) is 16.2 Å². The molecular weight excluding hydrogens is 392 g/mol. The van der Waals surface area contributed by atoms with Gasteiger partial charge in [0, 0.05) is 23.4 Å². The van der Waals surface area contributed by atoms with Crippen molar-refractivity contribution in [2.24, 2.45) is 27.9 Å². The highest BCUT2D eigenvalue weighted by atomic mass is 35.5. The van der Waals surface area contributed by atoms with Crippen molar-refractivity contribution in [3.63, 3.8) is 0 Å². The Morgan fingerprint density at radius 1 is 1.03 bits per heavy atom. The Kier molecular flexibility index (Phi) is 4.24. The molecule has 1 aromatic rings. The quantitative estimate of drug-likeness (QED) is 0.657. The second-order valence-electron chi connectivity index (χ2n) is 11.6. The van der Waals surface area contributed by atoms with E-state index in [1.807, 2.05) is 0 Å². The summed E-state index contributed by atoms with van der Waals surface area (Å²) >= 11 is 6.36. The summed E-state index contributed by atoms with van der Waals surface area (Å²) in [7, 11) is 0. The molecule has 0 aromatic heterocycles. The van der Waals surface area contributed by atoms with Gasteiger partial charge in [-0.1, -0.05) is 30.3 Å². The van der Waals surface area contributed by atoms with E-state index in [2.05, 4.69) is 35.6 Å². The standard InChI is InChI=1S/C26H35ClN2O/c27-11-10-24-13-18-12-23(22(30)29-21-8-6-20(28)7-9-21)15-25(17-24,26(24,14-18)16-23)19-4-2-1-3-5-19/h1-5,18,20-21H,6-17,28H2,(H,29,30)/t18?,20?,21?,23?,24-,25-,26?/m1/s1. The molecule has 5 saturated carbocycles. The molecule has 0 radical (unpaired) electrons. The molecule has 1 amide bonds. The zero-order valence-electron chi connectivity index (χ0n) is 18.0. The van der Waals surface area contributed by atoms with Crippen molar-refractivity contribution >= 4 is 17.5 Å². The largest absolute Gasteiger partial charge is 0.353 e. The van der Waals surface area contributed by atoms with Crippen LogP contribution < -0.4 is 11.1 Å². The van der Waals surface area contributed by atoms with Crippen LogP contribution in [0.1, 0.15) is 76.2 Å². The first-order chi connectivity index (χ1) is 14.5. The number of nitrogens with two attached hydrogens (primary N) is 1. The van der Waals surface area contributed by atoms with Crippen LogP contribution in [-0.2, 0) is 10.2 Å². The number of carbonyl (C=O) groups excluding carboxylic acids is 1. The van der Waals surface area contributed by atoms with Crippen molar-refractivity contribution in [1.82, 2.24) is 5.32 Å². The second kappa shape index (κ2) is 6.48. The van der Waals surface area contributed by atoms with E-state index in [9.17, 15) is 4.79 Å². The van der Waals surface area contributed by atoms with Crippen LogP contribution in [0.5, 0.6) is 0 Å². The SMILES string of the molecule is NC1CCC(NC(=O)C23CC4CC5(C2)[C@](CCCl)(C4)C[C@@]5(c2ccccc2)C3)CC1. The van der Waals surface area contributed by atoms with E-state index in [0.717, 1.165) is 57.2 Å². The molecule has 5 atom stereocenters. The molecule has 3 bridgehead atoms. The molecule has 1 spiro atoms. The number of hydrogen-bond donors (Lipinski definition) is 2. The average molecular weight is 427 g/mol. The summed E-state index contributed by atoms with van der Waals surface area (Å²) in [6, 6.07) is 11.8. The van der Waals surface area contributed by atoms with Crippen molar-refractivity contribution < 1.29 is 4.79 Å². The average Bonchev–Trinajstić information content (AvgIpc) is 3.03. The molecule has 5 aliphatic rings. The molecule has 3 N–H and O–H groups in total. The molecule has 6 rings (SSSR count). The molecule has 3 nitrogen and oxygen atoms in total. The van der Waals surface area contributed by atoms with Crippen molar-refractivity contribution in [3.05, 3.63) is 35.9 Å². The minimum Gasteiger partial charge on any atom is -0.353 e. The molecule has 1 aromatic carbocycles. The third-order valence-corrected chi connectivity index (χ3v) is 10.5. The van der Waals surface area contributed by atoms with Crippen LogP contribution in [-0.4, -0.2) is 23.9 Å². The van der Waals surface area contributed by atoms with Gasteiger partial charge in [-0.15, -0.1) is 11.6 Å². The zero-order chi connectivity index (χ0) is 20.6. The van der Waals surface area contributed by atoms with Gasteiger partial charge in [-0.2, -0.15) is 0 Å². The summed E-state index contributed by atoms with van der Waals surface area (Å²) in [6.07, 6.45) is 12.3. The maximum absolute atomic E-state index is 13.9. The van der Waals surface area contributed by atoms with Gasteiger partial charge >= 0.3 is 0 Å². The number of alkyl halides is 1. The molecule has 0 saturated heterocycles. The van der Waals surface area contributed by atoms with Crippen LogP contribution in [0.4, 0.5) is 0 Å². The number of carbonyl (C=O) groups is 1. The van der Waals surface area contributed by atoms with Gasteiger partial charge in [0.2, 0.25) is 5.91 Å². The fourth-order valence-electron chi connectivity index (χ4n) is 9.54. The Bertz CT molecular complexity index is 852. The van der Waals surface area contributed by atoms with Gasteiger partial charge < -0.3 is 11.1 Å². The lowest BCUT2D eigenvalue weighted by molar-refractivity contribution is -0.137. The van der Waals surface area contributed by atoms with Gasteiger partial charge in [-0.25, -0.2) is 0 Å². The maximum atomic E-state index is 13.9. The summed E-state index contributed by atoms with van der Waals surface area (Å²) in [6.45, 7) is 0. The normalized spacial score (nSPS) is 48.3. The van der Waals surface area contributed by atoms with E-state index in [1.54, 1.807) is 0 Å². The lowest BCUT2D eigenvalue weighted by atomic mass is 9.36. The minimum absolute atomic E-state index is 0.178. The lowest BCUT2D eigenvalue weighted by Crippen LogP contribution is -2.62. The number of hydrogen-bond acceptors (Lipinski definition) is 2. The summed E-state index contributed by atoms with van der Waals surface area (Å²) in [5.74, 6) is 1.81. The predicted molar refractivity (Wildman–Crippen MR) is 120 cm³/mol. The first-order valence-corrected chi connectivity index (χ1v) is 12.7. The van der Waals surface area contributed by atoms with Gasteiger partial charge in [0.25, 0.3) is 0 Å². The molecule has 30 heavy (non-hydrogen) atoms. The van der Waals surface area contributed by atoms with Gasteiger partial charge in [0.05, 0.1) is 5.41 Å². The van der Waals surface area contributed by atoms with Gasteiger partial charge in [0.1, 0.15) is 0 Å². The number of rotatable bonds is 5. The highest BCUT2D eigenvalue weighted by Gasteiger charge is 2.84. The molecule has 0 aliphatic heterocycles. The summed E-state index contributed by atoms with van der Waals surface area (Å²) in [5.41, 5.74) is 8.23. The number of amides is 1. The molecule has 5 fully saturated rings. The lowest BCUT2D eigenvalue weighted by Gasteiger charge is -2.67. The van der Waals surface area contributed by atoms with Gasteiger partial charge in [-0.3, -0.25) is 4.79 Å². The third-order valence-electron chi connectivity index (χ3n) is 10.3. The van der Waals surface area contributed by atoms with Crippen molar-refractivity contribution in [3.8, 4) is 0 Å². The Labute approximate surface area is 185 Å². The first kappa shape index (κ1) is 19.6. The van der Waals surface area contributed by atoms with Crippen molar-refractivity contribution in [1.29, 1.82) is 0 Å². The minimum atomic E-state index is -0.178. The molecule has 0 heterocycles. The fraction of sp³-hybridized carbons (Fsp3) is 0.731. The summed E-state index contributed by atoms with van der Waals surface area (Å²) < 4.78 is 0. The topological polar surface area (TPSA) is 55.1 Å². The van der Waals surface area contributed by atoms with E-state index < -0.39 is 0 Å². The Balaban J connectivity index is 1.36. The third kappa shape index (κ3) is 2.34. The fourth-order valence-corrected chi connectivity index (χ4v) is 9.90. The van der Waals surface area contributed by atoms with Gasteiger partial charge in [-0.05, 0) is 92.9 Å². The van der Waals surface area contributed by atoms with E-state index >= 15 is 0 Å². The maximum Gasteiger partial charge on any atom is 0.226 e. The van der Waals surface area contributed by atoms with Crippen molar-refractivity contribution in [2.45, 2.75) is 88.1 Å². The van der Waals surface area contributed by atoms with Crippen molar-refractivity contribution in [2.75, 3.05) is 5.88 Å². The summed E-state index contributed by atoms with van der Waals surface area (Å²) in [5, 5.41) is 3.52. The van der Waals surface area contributed by atoms with Crippen LogP contribution in [0.2, 0.25) is 0 Å². The Morgan fingerprint density at radius 3 is 2.53 bits per heavy atom. The van der Waals surface area contributed by atoms with Crippen LogP contribution in [0.25, 0.3) is 0 Å². The van der Waals surface area contributed by atoms with E-state index in [0.29, 0.717) is 29.3 Å². The molecule has 162 valence electrons. The van der Waals surface area contributed by atoms with Crippen LogP contribution in [0.15, 0.2) is 30.3 Å². The number of nitrogens with one attached hydrogen (secondary N) is 1.